The lowest BCUT2D eigenvalue weighted by Crippen LogP contribution is -2.50. The van der Waals surface area contributed by atoms with Gasteiger partial charge in [-0.2, -0.15) is 0 Å². The molecule has 1 saturated heterocycles. The number of hydrogen-bond acceptors (Lipinski definition) is 4. The standard InChI is InChI=1S/C30H33N3O3/c1-30(2)29(35)32(3)26-19-24(13-15-27(26)36-30)31-28(34)22-12-14-25(21-10-6-4-7-11-21)23(18-22)20-33-16-8-5-9-17-33/h4,6-7,10-15,18-19H,5,8-9,16-17,20H2,1-3H3,(H,31,34). The fraction of sp³-hybridized carbons (Fsp3) is 0.333. The number of carbonyl (C=O) groups is 2. The lowest BCUT2D eigenvalue weighted by Gasteiger charge is -2.37. The topological polar surface area (TPSA) is 61.9 Å². The Hall–Kier alpha value is -3.64. The smallest absolute Gasteiger partial charge is 0.270 e. The number of hydrogen-bond donors (Lipinski definition) is 1. The number of likely N-dealkylation sites (N-methyl/N-ethyl adjacent to an activating group) is 1. The van der Waals surface area contributed by atoms with Crippen molar-refractivity contribution >= 4 is 23.2 Å². The normalized spacial score (nSPS) is 17.3. The van der Waals surface area contributed by atoms with E-state index >= 15 is 0 Å². The minimum Gasteiger partial charge on any atom is -0.476 e. The van der Waals surface area contributed by atoms with Gasteiger partial charge in [0.05, 0.1) is 5.69 Å². The number of ether oxygens (including phenoxy) is 1. The molecule has 2 heterocycles. The second-order valence-corrected chi connectivity index (χ2v) is 10.2. The lowest BCUT2D eigenvalue weighted by molar-refractivity contribution is -0.132. The maximum atomic E-state index is 13.3. The largest absolute Gasteiger partial charge is 0.476 e. The van der Waals surface area contributed by atoms with Gasteiger partial charge in [0, 0.05) is 24.8 Å². The Morgan fingerprint density at radius 2 is 1.72 bits per heavy atom. The van der Waals surface area contributed by atoms with Crippen molar-refractivity contribution < 1.29 is 14.3 Å². The number of piperidine rings is 1. The second kappa shape index (κ2) is 9.78. The second-order valence-electron chi connectivity index (χ2n) is 10.2. The fourth-order valence-corrected chi connectivity index (χ4v) is 5.10. The van der Waals surface area contributed by atoms with E-state index in [4.69, 9.17) is 4.74 Å². The van der Waals surface area contributed by atoms with E-state index in [-0.39, 0.29) is 11.8 Å². The zero-order valence-corrected chi connectivity index (χ0v) is 21.2. The van der Waals surface area contributed by atoms with Crippen LogP contribution in [-0.4, -0.2) is 42.5 Å². The molecule has 3 aromatic carbocycles. The van der Waals surface area contributed by atoms with Crippen LogP contribution in [0.15, 0.2) is 66.7 Å². The molecule has 5 rings (SSSR count). The summed E-state index contributed by atoms with van der Waals surface area (Å²) >= 11 is 0. The van der Waals surface area contributed by atoms with Gasteiger partial charge in [0.2, 0.25) is 0 Å². The van der Waals surface area contributed by atoms with Crippen LogP contribution < -0.4 is 15.0 Å². The van der Waals surface area contributed by atoms with Crippen molar-refractivity contribution in [3.8, 4) is 16.9 Å². The van der Waals surface area contributed by atoms with Gasteiger partial charge in [-0.05, 0) is 86.8 Å². The van der Waals surface area contributed by atoms with Crippen molar-refractivity contribution in [2.45, 2.75) is 45.3 Å². The van der Waals surface area contributed by atoms with Gasteiger partial charge in [0.15, 0.2) is 5.60 Å². The van der Waals surface area contributed by atoms with Crippen molar-refractivity contribution in [2.75, 3.05) is 30.4 Å². The molecule has 2 aliphatic rings. The van der Waals surface area contributed by atoms with E-state index in [1.807, 2.05) is 36.4 Å². The van der Waals surface area contributed by atoms with E-state index in [0.717, 1.165) is 36.3 Å². The number of anilines is 2. The molecule has 2 aliphatic heterocycles. The van der Waals surface area contributed by atoms with E-state index < -0.39 is 5.60 Å². The monoisotopic (exact) mass is 483 g/mol. The summed E-state index contributed by atoms with van der Waals surface area (Å²) in [5.74, 6) is 0.314. The molecule has 0 bridgehead atoms. The summed E-state index contributed by atoms with van der Waals surface area (Å²) < 4.78 is 5.88. The molecule has 0 spiro atoms. The Kier molecular flexibility index (Phi) is 6.54. The first-order valence-electron chi connectivity index (χ1n) is 12.6. The predicted octanol–water partition coefficient (Wildman–Crippen LogP) is 5.73. The number of fused-ring (bicyclic) bond motifs is 1. The molecule has 0 unspecified atom stereocenters. The van der Waals surface area contributed by atoms with E-state index in [0.29, 0.717) is 22.7 Å². The Balaban J connectivity index is 1.41. The third-order valence-corrected chi connectivity index (χ3v) is 7.06. The van der Waals surface area contributed by atoms with Crippen molar-refractivity contribution in [1.82, 2.24) is 4.90 Å². The van der Waals surface area contributed by atoms with Crippen LogP contribution in [0.1, 0.15) is 49.0 Å². The number of benzene rings is 3. The molecule has 0 saturated carbocycles. The van der Waals surface area contributed by atoms with E-state index in [2.05, 4.69) is 28.4 Å². The van der Waals surface area contributed by atoms with Crippen molar-refractivity contribution in [3.05, 3.63) is 77.9 Å². The number of carbonyl (C=O) groups excluding carboxylic acids is 2. The summed E-state index contributed by atoms with van der Waals surface area (Å²) in [5, 5.41) is 3.01. The quantitative estimate of drug-likeness (QED) is 0.504. The van der Waals surface area contributed by atoms with Crippen LogP contribution in [0.4, 0.5) is 11.4 Å². The molecule has 0 aliphatic carbocycles. The van der Waals surface area contributed by atoms with Crippen LogP contribution in [0, 0.1) is 0 Å². The zero-order chi connectivity index (χ0) is 25.3. The van der Waals surface area contributed by atoms with Gasteiger partial charge < -0.3 is 15.0 Å². The molecule has 0 atom stereocenters. The molecule has 186 valence electrons. The molecule has 0 radical (unpaired) electrons. The zero-order valence-electron chi connectivity index (χ0n) is 21.2. The van der Waals surface area contributed by atoms with Gasteiger partial charge in [-0.25, -0.2) is 0 Å². The first-order chi connectivity index (χ1) is 17.3. The number of amides is 2. The Morgan fingerprint density at radius 1 is 0.972 bits per heavy atom. The SMILES string of the molecule is CN1C(=O)C(C)(C)Oc2ccc(NC(=O)c3ccc(-c4ccccc4)c(CN4CCCCC4)c3)cc21. The molecule has 0 aromatic heterocycles. The molecule has 2 amide bonds. The van der Waals surface area contributed by atoms with Crippen LogP contribution in [0.25, 0.3) is 11.1 Å². The molecular formula is C30H33N3O3. The average Bonchev–Trinajstić information content (AvgIpc) is 2.89. The molecular weight excluding hydrogens is 450 g/mol. The van der Waals surface area contributed by atoms with Gasteiger partial charge in [0.25, 0.3) is 11.8 Å². The fourth-order valence-electron chi connectivity index (χ4n) is 5.10. The van der Waals surface area contributed by atoms with Crippen molar-refractivity contribution in [1.29, 1.82) is 0 Å². The molecule has 6 heteroatoms. The first-order valence-corrected chi connectivity index (χ1v) is 12.6. The van der Waals surface area contributed by atoms with Crippen molar-refractivity contribution in [3.63, 3.8) is 0 Å². The molecule has 6 nitrogen and oxygen atoms in total. The Morgan fingerprint density at radius 3 is 2.47 bits per heavy atom. The molecule has 1 N–H and O–H groups in total. The highest BCUT2D eigenvalue weighted by Crippen LogP contribution is 2.38. The van der Waals surface area contributed by atoms with Gasteiger partial charge in [0.1, 0.15) is 5.75 Å². The third kappa shape index (κ3) is 4.86. The Labute approximate surface area is 212 Å². The van der Waals surface area contributed by atoms with Crippen LogP contribution in [-0.2, 0) is 11.3 Å². The number of nitrogens with zero attached hydrogens (tertiary/aromatic N) is 2. The third-order valence-electron chi connectivity index (χ3n) is 7.06. The molecule has 36 heavy (non-hydrogen) atoms. The van der Waals surface area contributed by atoms with Crippen molar-refractivity contribution in [2.24, 2.45) is 0 Å². The number of likely N-dealkylation sites (tertiary alicyclic amines) is 1. The van der Waals surface area contributed by atoms with Crippen LogP contribution >= 0.6 is 0 Å². The molecule has 3 aromatic rings. The predicted molar refractivity (Wildman–Crippen MR) is 144 cm³/mol. The maximum Gasteiger partial charge on any atom is 0.270 e. The average molecular weight is 484 g/mol. The van der Waals surface area contributed by atoms with Crippen LogP contribution in [0.5, 0.6) is 5.75 Å². The van der Waals surface area contributed by atoms with Crippen LogP contribution in [0.2, 0.25) is 0 Å². The maximum absolute atomic E-state index is 13.3. The summed E-state index contributed by atoms with van der Waals surface area (Å²) in [7, 11) is 1.73. The van der Waals surface area contributed by atoms with Gasteiger partial charge in [-0.3, -0.25) is 14.5 Å². The summed E-state index contributed by atoms with van der Waals surface area (Å²) in [4.78, 5) is 30.0. The van der Waals surface area contributed by atoms with Gasteiger partial charge in [-0.1, -0.05) is 42.8 Å². The number of rotatable bonds is 5. The number of nitrogens with one attached hydrogen (secondary N) is 1. The highest BCUT2D eigenvalue weighted by molar-refractivity contribution is 6.06. The minimum absolute atomic E-state index is 0.127. The Bertz CT molecular complexity index is 1280. The highest BCUT2D eigenvalue weighted by Gasteiger charge is 2.39. The van der Waals surface area contributed by atoms with E-state index in [9.17, 15) is 9.59 Å². The summed E-state index contributed by atoms with van der Waals surface area (Å²) in [6.07, 6.45) is 3.72. The minimum atomic E-state index is -0.919. The van der Waals surface area contributed by atoms with Gasteiger partial charge >= 0.3 is 0 Å². The summed E-state index contributed by atoms with van der Waals surface area (Å²) in [5.41, 5.74) is 4.42. The van der Waals surface area contributed by atoms with Gasteiger partial charge in [-0.15, -0.1) is 0 Å². The summed E-state index contributed by atoms with van der Waals surface area (Å²) in [6.45, 7) is 6.51. The van der Waals surface area contributed by atoms with E-state index in [1.54, 1.807) is 37.9 Å². The van der Waals surface area contributed by atoms with Crippen LogP contribution in [0.3, 0.4) is 0 Å². The summed E-state index contributed by atoms with van der Waals surface area (Å²) in [6, 6.07) is 21.7. The first kappa shape index (κ1) is 24.1. The molecule has 1 fully saturated rings. The van der Waals surface area contributed by atoms with E-state index in [1.165, 1.54) is 19.3 Å². The highest BCUT2D eigenvalue weighted by atomic mass is 16.5. The lowest BCUT2D eigenvalue weighted by atomic mass is 9.96.